The van der Waals surface area contributed by atoms with Crippen LogP contribution in [-0.2, 0) is 14.3 Å². The Morgan fingerprint density at radius 2 is 0.685 bits per heavy atom. The van der Waals surface area contributed by atoms with Gasteiger partial charge in [-0.05, 0) is 89.9 Å². The number of carbonyl (C=O) groups is 2. The molecule has 0 bridgehead atoms. The molecule has 6 heteroatoms. The number of carbonyl (C=O) groups excluding carboxylic acids is 2. The lowest BCUT2D eigenvalue weighted by Gasteiger charge is -2.20. The molecule has 0 fully saturated rings. The molecule has 0 aromatic heterocycles. The number of allylic oxidation sites excluding steroid dienone is 7. The highest BCUT2D eigenvalue weighted by atomic mass is 16.5. The van der Waals surface area contributed by atoms with E-state index in [4.69, 9.17) is 4.74 Å². The van der Waals surface area contributed by atoms with Crippen molar-refractivity contribution >= 4 is 11.9 Å². The van der Waals surface area contributed by atoms with Gasteiger partial charge in [0.25, 0.3) is 0 Å². The van der Waals surface area contributed by atoms with Crippen molar-refractivity contribution in [2.45, 2.75) is 353 Å². The molecule has 2 unspecified atom stereocenters. The van der Waals surface area contributed by atoms with Crippen LogP contribution in [0.3, 0.4) is 0 Å². The van der Waals surface area contributed by atoms with Gasteiger partial charge in [-0.3, -0.25) is 9.59 Å². The largest absolute Gasteiger partial charge is 0.466 e. The van der Waals surface area contributed by atoms with Crippen molar-refractivity contribution < 1.29 is 24.5 Å². The highest BCUT2D eigenvalue weighted by molar-refractivity contribution is 5.76. The average Bonchev–Trinajstić information content (AvgIpc) is 3.39. The first-order valence-corrected chi connectivity index (χ1v) is 32.4. The number of unbranched alkanes of at least 4 members (excludes halogenated alkanes) is 43. The number of rotatable bonds is 60. The van der Waals surface area contributed by atoms with E-state index in [-0.39, 0.29) is 18.5 Å². The monoisotopic (exact) mass is 1020 g/mol. The van der Waals surface area contributed by atoms with Gasteiger partial charge < -0.3 is 20.3 Å². The Bertz CT molecular complexity index is 1230. The number of ether oxygens (including phenoxy) is 1. The predicted molar refractivity (Wildman–Crippen MR) is 319 cm³/mol. The Labute approximate surface area is 455 Å². The molecule has 0 rings (SSSR count). The van der Waals surface area contributed by atoms with Crippen molar-refractivity contribution in [3.8, 4) is 0 Å². The second-order valence-corrected chi connectivity index (χ2v) is 22.1. The first-order chi connectivity index (χ1) is 36.0. The van der Waals surface area contributed by atoms with Gasteiger partial charge in [-0.2, -0.15) is 0 Å². The molecule has 2 atom stereocenters. The lowest BCUT2D eigenvalue weighted by atomic mass is 10.0. The molecule has 1 amide bonds. The van der Waals surface area contributed by atoms with Crippen molar-refractivity contribution in [2.75, 3.05) is 13.2 Å². The summed E-state index contributed by atoms with van der Waals surface area (Å²) >= 11 is 0. The van der Waals surface area contributed by atoms with Gasteiger partial charge in [0.1, 0.15) is 0 Å². The van der Waals surface area contributed by atoms with E-state index in [1.54, 1.807) is 6.08 Å². The van der Waals surface area contributed by atoms with Crippen LogP contribution in [0.15, 0.2) is 48.6 Å². The van der Waals surface area contributed by atoms with E-state index in [9.17, 15) is 19.8 Å². The number of aliphatic hydroxyl groups excluding tert-OH is 2. The Morgan fingerprint density at radius 1 is 0.384 bits per heavy atom. The quantitative estimate of drug-likeness (QED) is 0.0320. The van der Waals surface area contributed by atoms with Gasteiger partial charge in [-0.25, -0.2) is 0 Å². The molecule has 3 N–H and O–H groups in total. The van der Waals surface area contributed by atoms with Crippen LogP contribution >= 0.6 is 0 Å². The standard InChI is InChI=1S/C67H125NO5/c1-3-5-7-9-11-13-15-17-33-37-41-45-49-53-57-61-67(72)73-62-58-54-50-46-42-38-35-32-30-28-26-24-22-20-18-19-21-23-25-27-29-31-34-36-40-44-48-52-56-60-66(71)68-64(63-69)65(70)59-55-51-47-43-39-16-14-12-10-8-6-4-2/h11,13,17-18,20,33,55,59,64-65,69-70H,3-10,12,14-16,19,21-32,34-54,56-58,60-63H2,1-2H3,(H,68,71)/b13-11-,20-18-,33-17-,59-55+. The van der Waals surface area contributed by atoms with E-state index in [1.165, 1.54) is 263 Å². The first-order valence-electron chi connectivity index (χ1n) is 32.4. The number of esters is 1. The van der Waals surface area contributed by atoms with Crippen molar-refractivity contribution in [3.63, 3.8) is 0 Å². The Hall–Kier alpha value is -2.18. The highest BCUT2D eigenvalue weighted by Crippen LogP contribution is 2.17. The third-order valence-electron chi connectivity index (χ3n) is 14.8. The molecule has 0 saturated carbocycles. The summed E-state index contributed by atoms with van der Waals surface area (Å²) in [5.74, 6) is -0.0657. The second-order valence-electron chi connectivity index (χ2n) is 22.1. The van der Waals surface area contributed by atoms with Crippen LogP contribution in [0.2, 0.25) is 0 Å². The third kappa shape index (κ3) is 58.9. The zero-order chi connectivity index (χ0) is 52.9. The van der Waals surface area contributed by atoms with Crippen LogP contribution in [0.4, 0.5) is 0 Å². The van der Waals surface area contributed by atoms with E-state index in [2.05, 4.69) is 55.6 Å². The molecule has 0 aromatic carbocycles. The van der Waals surface area contributed by atoms with Gasteiger partial charge >= 0.3 is 5.97 Å². The third-order valence-corrected chi connectivity index (χ3v) is 14.8. The lowest BCUT2D eigenvalue weighted by molar-refractivity contribution is -0.143. The predicted octanol–water partition coefficient (Wildman–Crippen LogP) is 20.5. The maximum atomic E-state index is 12.4. The molecule has 0 aliphatic heterocycles. The van der Waals surface area contributed by atoms with Crippen molar-refractivity contribution in [1.82, 2.24) is 5.32 Å². The van der Waals surface area contributed by atoms with Crippen LogP contribution in [0, 0.1) is 0 Å². The number of hydrogen-bond acceptors (Lipinski definition) is 5. The van der Waals surface area contributed by atoms with Gasteiger partial charge in [0.05, 0.1) is 25.4 Å². The lowest BCUT2D eigenvalue weighted by Crippen LogP contribution is -2.45. The fraction of sp³-hybridized carbons (Fsp3) is 0.851. The minimum Gasteiger partial charge on any atom is -0.466 e. The Kier molecular flexibility index (Phi) is 60.5. The smallest absolute Gasteiger partial charge is 0.305 e. The van der Waals surface area contributed by atoms with Crippen LogP contribution in [0.1, 0.15) is 341 Å². The molecule has 0 aliphatic rings. The summed E-state index contributed by atoms with van der Waals surface area (Å²) in [6, 6.07) is -0.627. The van der Waals surface area contributed by atoms with Gasteiger partial charge in [0.15, 0.2) is 0 Å². The van der Waals surface area contributed by atoms with E-state index in [1.807, 2.05) is 6.08 Å². The van der Waals surface area contributed by atoms with Crippen molar-refractivity contribution in [3.05, 3.63) is 48.6 Å². The van der Waals surface area contributed by atoms with Crippen molar-refractivity contribution in [2.24, 2.45) is 0 Å². The van der Waals surface area contributed by atoms with E-state index in [0.29, 0.717) is 19.4 Å². The van der Waals surface area contributed by atoms with Gasteiger partial charge in [0.2, 0.25) is 5.91 Å². The highest BCUT2D eigenvalue weighted by Gasteiger charge is 2.18. The number of hydrogen-bond donors (Lipinski definition) is 3. The average molecular weight is 1020 g/mol. The number of aliphatic hydroxyl groups is 2. The molecule has 0 radical (unpaired) electrons. The van der Waals surface area contributed by atoms with E-state index < -0.39 is 12.1 Å². The fourth-order valence-electron chi connectivity index (χ4n) is 9.84. The van der Waals surface area contributed by atoms with Gasteiger partial charge in [-0.15, -0.1) is 0 Å². The van der Waals surface area contributed by atoms with Gasteiger partial charge in [0, 0.05) is 12.8 Å². The number of amides is 1. The van der Waals surface area contributed by atoms with Crippen molar-refractivity contribution in [1.29, 1.82) is 0 Å². The summed E-state index contributed by atoms with van der Waals surface area (Å²) in [5.41, 5.74) is 0. The summed E-state index contributed by atoms with van der Waals surface area (Å²) in [7, 11) is 0. The normalized spacial score (nSPS) is 12.9. The molecule has 0 aromatic rings. The molecule has 428 valence electrons. The van der Waals surface area contributed by atoms with Gasteiger partial charge in [-0.1, -0.05) is 287 Å². The number of nitrogens with one attached hydrogen (secondary N) is 1. The molecule has 0 saturated heterocycles. The van der Waals surface area contributed by atoms with E-state index in [0.717, 1.165) is 51.4 Å². The maximum Gasteiger partial charge on any atom is 0.305 e. The summed E-state index contributed by atoms with van der Waals surface area (Å²) in [6.45, 7) is 4.87. The minimum absolute atomic E-state index is 0.00184. The molecular weight excluding hydrogens is 899 g/mol. The summed E-state index contributed by atoms with van der Waals surface area (Å²) in [6.07, 6.45) is 80.3. The molecule has 73 heavy (non-hydrogen) atoms. The molecule has 0 aliphatic carbocycles. The first kappa shape index (κ1) is 70.8. The van der Waals surface area contributed by atoms with Crippen LogP contribution in [-0.4, -0.2) is 47.4 Å². The summed E-state index contributed by atoms with van der Waals surface area (Å²) in [4.78, 5) is 24.5. The second kappa shape index (κ2) is 62.4. The van der Waals surface area contributed by atoms with Crippen LogP contribution in [0.5, 0.6) is 0 Å². The van der Waals surface area contributed by atoms with Crippen LogP contribution < -0.4 is 5.32 Å². The maximum absolute atomic E-state index is 12.4. The molecule has 6 nitrogen and oxygen atoms in total. The molecular formula is C67H125NO5. The van der Waals surface area contributed by atoms with E-state index >= 15 is 0 Å². The Balaban J connectivity index is 3.38. The summed E-state index contributed by atoms with van der Waals surface area (Å²) in [5, 5.41) is 23.1. The van der Waals surface area contributed by atoms with Crippen LogP contribution in [0.25, 0.3) is 0 Å². The Morgan fingerprint density at radius 3 is 1.08 bits per heavy atom. The SMILES string of the molecule is CCCCC/C=C\C/C=C\CCCCCCCC(=O)OCCCCCCCCCCCCCC/C=C\CCCCCCCCCCCCCCCC(=O)NC(CO)C(O)/C=C/CCCCCCCCCCCC. The summed E-state index contributed by atoms with van der Waals surface area (Å²) < 4.78 is 5.48. The zero-order valence-electron chi connectivity index (χ0n) is 48.9. The molecule has 0 heterocycles. The zero-order valence-corrected chi connectivity index (χ0v) is 48.9. The minimum atomic E-state index is -0.843. The fourth-order valence-corrected chi connectivity index (χ4v) is 9.84. The molecule has 0 spiro atoms. The topological polar surface area (TPSA) is 95.9 Å².